The van der Waals surface area contributed by atoms with Crippen LogP contribution >= 0.6 is 0 Å². The lowest BCUT2D eigenvalue weighted by atomic mass is 10.0. The Kier molecular flexibility index (Phi) is 3.94. The average Bonchev–Trinajstić information content (AvgIpc) is 2.95. The van der Waals surface area contributed by atoms with Crippen molar-refractivity contribution in [2.75, 3.05) is 13.1 Å². The Labute approximate surface area is 81.8 Å². The predicted molar refractivity (Wildman–Crippen MR) is 57.6 cm³/mol. The van der Waals surface area contributed by atoms with Crippen LogP contribution in [0.15, 0.2) is 12.7 Å². The van der Waals surface area contributed by atoms with Crippen molar-refractivity contribution in [1.29, 1.82) is 0 Å². The summed E-state index contributed by atoms with van der Waals surface area (Å²) in [5, 5.41) is 0. The van der Waals surface area contributed by atoms with Crippen LogP contribution in [-0.4, -0.2) is 30.1 Å². The Morgan fingerprint density at radius 3 is 2.54 bits per heavy atom. The molecule has 1 fully saturated rings. The zero-order chi connectivity index (χ0) is 9.84. The molecule has 1 rings (SSSR count). The van der Waals surface area contributed by atoms with E-state index in [4.69, 9.17) is 5.73 Å². The lowest BCUT2D eigenvalue weighted by Crippen LogP contribution is -2.41. The molecule has 2 unspecified atom stereocenters. The maximum absolute atomic E-state index is 5.67. The van der Waals surface area contributed by atoms with Gasteiger partial charge in [0.2, 0.25) is 0 Å². The summed E-state index contributed by atoms with van der Waals surface area (Å²) in [4.78, 5) is 2.53. The van der Waals surface area contributed by atoms with E-state index in [0.29, 0.717) is 12.0 Å². The quantitative estimate of drug-likeness (QED) is 0.632. The summed E-state index contributed by atoms with van der Waals surface area (Å²) >= 11 is 0. The van der Waals surface area contributed by atoms with Crippen LogP contribution in [0.4, 0.5) is 0 Å². The first-order chi connectivity index (χ1) is 6.20. The van der Waals surface area contributed by atoms with Crippen molar-refractivity contribution in [3.63, 3.8) is 0 Å². The zero-order valence-corrected chi connectivity index (χ0v) is 8.87. The molecule has 0 spiro atoms. The van der Waals surface area contributed by atoms with Gasteiger partial charge in [-0.25, -0.2) is 0 Å². The van der Waals surface area contributed by atoms with E-state index in [-0.39, 0.29) is 0 Å². The Balaban J connectivity index is 2.46. The number of hydrogen-bond acceptors (Lipinski definition) is 2. The first kappa shape index (κ1) is 10.7. The summed E-state index contributed by atoms with van der Waals surface area (Å²) in [5.41, 5.74) is 5.67. The van der Waals surface area contributed by atoms with Crippen molar-refractivity contribution in [1.82, 2.24) is 4.90 Å². The summed E-state index contributed by atoms with van der Waals surface area (Å²) in [7, 11) is 0. The molecule has 1 aliphatic rings. The molecule has 0 aliphatic heterocycles. The number of rotatable bonds is 6. The Hall–Kier alpha value is -0.340. The third-order valence-electron chi connectivity index (χ3n) is 3.07. The molecule has 0 radical (unpaired) electrons. The van der Waals surface area contributed by atoms with Gasteiger partial charge >= 0.3 is 0 Å². The van der Waals surface area contributed by atoms with Gasteiger partial charge in [-0.05, 0) is 32.2 Å². The van der Waals surface area contributed by atoms with Gasteiger partial charge in [0.1, 0.15) is 0 Å². The predicted octanol–water partition coefficient (Wildman–Crippen LogP) is 1.62. The van der Waals surface area contributed by atoms with Crippen molar-refractivity contribution in [2.24, 2.45) is 11.7 Å². The second-order valence-electron chi connectivity index (χ2n) is 4.17. The average molecular weight is 182 g/mol. The van der Waals surface area contributed by atoms with Crippen LogP contribution in [0.5, 0.6) is 0 Å². The Bertz CT molecular complexity index is 163. The molecule has 0 aromatic carbocycles. The molecule has 0 aromatic heterocycles. The molecule has 0 amide bonds. The second-order valence-corrected chi connectivity index (χ2v) is 4.17. The standard InChI is InChI=1S/C11H22N2/c1-4-7-13(11-5-6-11)10(3)9(2)8-12/h4,9-11H,1,5-8,12H2,2-3H3. The van der Waals surface area contributed by atoms with E-state index in [9.17, 15) is 0 Å². The molecule has 1 aliphatic carbocycles. The molecule has 0 bridgehead atoms. The van der Waals surface area contributed by atoms with Gasteiger partial charge in [-0.15, -0.1) is 6.58 Å². The van der Waals surface area contributed by atoms with Crippen molar-refractivity contribution >= 4 is 0 Å². The minimum Gasteiger partial charge on any atom is -0.330 e. The Morgan fingerprint density at radius 2 is 2.15 bits per heavy atom. The SMILES string of the molecule is C=CCN(C1CC1)C(C)C(C)CN. The fourth-order valence-electron chi connectivity index (χ4n) is 1.73. The molecule has 0 aromatic rings. The van der Waals surface area contributed by atoms with Crippen LogP contribution < -0.4 is 5.73 Å². The molecule has 2 heteroatoms. The van der Waals surface area contributed by atoms with Crippen LogP contribution in [0.1, 0.15) is 26.7 Å². The summed E-state index contributed by atoms with van der Waals surface area (Å²) in [5.74, 6) is 0.584. The molecule has 0 saturated heterocycles. The maximum atomic E-state index is 5.67. The first-order valence-electron chi connectivity index (χ1n) is 5.27. The van der Waals surface area contributed by atoms with E-state index in [0.717, 1.165) is 19.1 Å². The third-order valence-corrected chi connectivity index (χ3v) is 3.07. The lowest BCUT2D eigenvalue weighted by Gasteiger charge is -2.31. The molecule has 1 saturated carbocycles. The van der Waals surface area contributed by atoms with E-state index < -0.39 is 0 Å². The van der Waals surface area contributed by atoms with Crippen molar-refractivity contribution in [3.05, 3.63) is 12.7 Å². The summed E-state index contributed by atoms with van der Waals surface area (Å²) in [6.45, 7) is 10.1. The highest BCUT2D eigenvalue weighted by Gasteiger charge is 2.32. The first-order valence-corrected chi connectivity index (χ1v) is 5.27. The van der Waals surface area contributed by atoms with Gasteiger partial charge in [0.25, 0.3) is 0 Å². The van der Waals surface area contributed by atoms with Gasteiger partial charge in [0.15, 0.2) is 0 Å². The van der Waals surface area contributed by atoms with E-state index in [2.05, 4.69) is 25.3 Å². The highest BCUT2D eigenvalue weighted by atomic mass is 15.2. The topological polar surface area (TPSA) is 29.3 Å². The molecule has 0 heterocycles. The summed E-state index contributed by atoms with van der Waals surface area (Å²) in [6.07, 6.45) is 4.71. The van der Waals surface area contributed by atoms with Crippen molar-refractivity contribution < 1.29 is 0 Å². The van der Waals surface area contributed by atoms with Gasteiger partial charge in [-0.3, -0.25) is 4.90 Å². The molecular formula is C11H22N2. The van der Waals surface area contributed by atoms with E-state index in [1.165, 1.54) is 12.8 Å². The third kappa shape index (κ3) is 2.82. The maximum Gasteiger partial charge on any atom is 0.0166 e. The molecule has 2 nitrogen and oxygen atoms in total. The Morgan fingerprint density at radius 1 is 1.54 bits per heavy atom. The van der Waals surface area contributed by atoms with Gasteiger partial charge in [-0.2, -0.15) is 0 Å². The lowest BCUT2D eigenvalue weighted by molar-refractivity contribution is 0.172. The normalized spacial score (nSPS) is 21.5. The van der Waals surface area contributed by atoms with Crippen LogP contribution in [-0.2, 0) is 0 Å². The molecule has 13 heavy (non-hydrogen) atoms. The fraction of sp³-hybridized carbons (Fsp3) is 0.818. The van der Waals surface area contributed by atoms with E-state index >= 15 is 0 Å². The fourth-order valence-corrected chi connectivity index (χ4v) is 1.73. The van der Waals surface area contributed by atoms with Crippen LogP contribution in [0.25, 0.3) is 0 Å². The molecular weight excluding hydrogens is 160 g/mol. The van der Waals surface area contributed by atoms with Crippen molar-refractivity contribution in [3.8, 4) is 0 Å². The van der Waals surface area contributed by atoms with Crippen LogP contribution in [0.2, 0.25) is 0 Å². The van der Waals surface area contributed by atoms with Crippen molar-refractivity contribution in [2.45, 2.75) is 38.8 Å². The minimum atomic E-state index is 0.584. The number of nitrogens with zero attached hydrogens (tertiary/aromatic N) is 1. The monoisotopic (exact) mass is 182 g/mol. The highest BCUT2D eigenvalue weighted by molar-refractivity contribution is 4.92. The zero-order valence-electron chi connectivity index (χ0n) is 8.87. The van der Waals surface area contributed by atoms with Gasteiger partial charge in [0, 0.05) is 18.6 Å². The van der Waals surface area contributed by atoms with E-state index in [1.54, 1.807) is 0 Å². The smallest absolute Gasteiger partial charge is 0.0166 e. The van der Waals surface area contributed by atoms with Gasteiger partial charge < -0.3 is 5.73 Å². The van der Waals surface area contributed by atoms with E-state index in [1.807, 2.05) is 6.08 Å². The van der Waals surface area contributed by atoms with Crippen LogP contribution in [0.3, 0.4) is 0 Å². The summed E-state index contributed by atoms with van der Waals surface area (Å²) in [6, 6.07) is 1.40. The molecule has 76 valence electrons. The largest absolute Gasteiger partial charge is 0.330 e. The number of nitrogens with two attached hydrogens (primary N) is 1. The second kappa shape index (κ2) is 4.77. The molecule has 2 N–H and O–H groups in total. The van der Waals surface area contributed by atoms with Crippen LogP contribution in [0, 0.1) is 5.92 Å². The minimum absolute atomic E-state index is 0.584. The molecule has 2 atom stereocenters. The van der Waals surface area contributed by atoms with Gasteiger partial charge in [-0.1, -0.05) is 13.0 Å². The van der Waals surface area contributed by atoms with Gasteiger partial charge in [0.05, 0.1) is 0 Å². The number of hydrogen-bond donors (Lipinski definition) is 1. The summed E-state index contributed by atoms with van der Waals surface area (Å²) < 4.78 is 0. The highest BCUT2D eigenvalue weighted by Crippen LogP contribution is 2.30.